The fourth-order valence-electron chi connectivity index (χ4n) is 1.30. The van der Waals surface area contributed by atoms with Crippen LogP contribution in [0.4, 0.5) is 4.39 Å². The zero-order valence-electron chi connectivity index (χ0n) is 10.4. The number of halogens is 2. The lowest BCUT2D eigenvalue weighted by Gasteiger charge is -2.08. The van der Waals surface area contributed by atoms with E-state index >= 15 is 0 Å². The van der Waals surface area contributed by atoms with Gasteiger partial charge in [-0.1, -0.05) is 0 Å². The van der Waals surface area contributed by atoms with E-state index in [4.69, 9.17) is 4.74 Å². The van der Waals surface area contributed by atoms with Crippen LogP contribution < -0.4 is 10.0 Å². The molecule has 0 aromatic heterocycles. The van der Waals surface area contributed by atoms with Crippen molar-refractivity contribution in [3.05, 3.63) is 28.5 Å². The van der Waals surface area contributed by atoms with Crippen LogP contribution in [0.5, 0.6) is 0 Å². The number of ether oxygens (including phenoxy) is 1. The number of hydrogen-bond donors (Lipinski definition) is 2. The molecule has 0 saturated heterocycles. The lowest BCUT2D eigenvalue weighted by Crippen LogP contribution is -2.33. The van der Waals surface area contributed by atoms with Crippen LogP contribution in [0.2, 0.25) is 0 Å². The zero-order chi connectivity index (χ0) is 14.3. The fraction of sp³-hybridized carbons (Fsp3) is 0.455. The Bertz CT molecular complexity index is 511. The van der Waals surface area contributed by atoms with Crippen molar-refractivity contribution >= 4 is 26.0 Å². The maximum absolute atomic E-state index is 13.3. The van der Waals surface area contributed by atoms with Crippen LogP contribution in [-0.2, 0) is 14.8 Å². The molecule has 0 spiro atoms. The Kier molecular flexibility index (Phi) is 6.87. The number of methoxy groups -OCH3 is 1. The summed E-state index contributed by atoms with van der Waals surface area (Å²) in [4.78, 5) is -0.0925. The largest absolute Gasteiger partial charge is 0.383 e. The standard InChI is InChI=1S/C11H16BrFN2O3S/c1-18-7-6-14-4-5-15-19(16,17)9-2-3-10(12)11(13)8-9/h2-3,8,14-15H,4-7H2,1H3. The van der Waals surface area contributed by atoms with Gasteiger partial charge in [0.25, 0.3) is 0 Å². The maximum atomic E-state index is 13.3. The summed E-state index contributed by atoms with van der Waals surface area (Å²) in [5.41, 5.74) is 0. The van der Waals surface area contributed by atoms with Crippen LogP contribution in [0, 0.1) is 5.82 Å². The van der Waals surface area contributed by atoms with Crippen molar-refractivity contribution in [2.45, 2.75) is 4.90 Å². The molecule has 8 heteroatoms. The molecule has 0 bridgehead atoms. The second-order valence-electron chi connectivity index (χ2n) is 3.72. The first-order chi connectivity index (χ1) is 8.97. The third kappa shape index (κ3) is 5.53. The molecule has 0 aliphatic rings. The lowest BCUT2D eigenvalue weighted by atomic mass is 10.3. The van der Waals surface area contributed by atoms with E-state index in [9.17, 15) is 12.8 Å². The summed E-state index contributed by atoms with van der Waals surface area (Å²) in [6.07, 6.45) is 0. The predicted octanol–water partition coefficient (Wildman–Crippen LogP) is 1.10. The van der Waals surface area contributed by atoms with Crippen molar-refractivity contribution in [2.24, 2.45) is 0 Å². The molecule has 5 nitrogen and oxygen atoms in total. The van der Waals surface area contributed by atoms with Crippen molar-refractivity contribution in [3.63, 3.8) is 0 Å². The SMILES string of the molecule is COCCNCCNS(=O)(=O)c1ccc(Br)c(F)c1. The van der Waals surface area contributed by atoms with Gasteiger partial charge in [0.05, 0.1) is 16.0 Å². The fourth-order valence-corrected chi connectivity index (χ4v) is 2.59. The van der Waals surface area contributed by atoms with E-state index in [2.05, 4.69) is 26.0 Å². The molecule has 0 amide bonds. The molecular formula is C11H16BrFN2O3S. The van der Waals surface area contributed by atoms with Gasteiger partial charge in [-0.05, 0) is 34.1 Å². The summed E-state index contributed by atoms with van der Waals surface area (Å²) in [5.74, 6) is -0.610. The van der Waals surface area contributed by atoms with Gasteiger partial charge >= 0.3 is 0 Å². The Labute approximate surface area is 120 Å². The van der Waals surface area contributed by atoms with Gasteiger partial charge in [-0.2, -0.15) is 0 Å². The third-order valence-electron chi connectivity index (χ3n) is 2.28. The second kappa shape index (κ2) is 7.91. The third-order valence-corrected chi connectivity index (χ3v) is 4.38. The lowest BCUT2D eigenvalue weighted by molar-refractivity contribution is 0.199. The van der Waals surface area contributed by atoms with Crippen molar-refractivity contribution in [1.82, 2.24) is 10.0 Å². The van der Waals surface area contributed by atoms with Crippen molar-refractivity contribution < 1.29 is 17.5 Å². The summed E-state index contributed by atoms with van der Waals surface area (Å²) in [6, 6.07) is 3.68. The second-order valence-corrected chi connectivity index (χ2v) is 6.34. The first-order valence-corrected chi connectivity index (χ1v) is 7.89. The number of sulfonamides is 1. The summed E-state index contributed by atoms with van der Waals surface area (Å²) >= 11 is 2.97. The van der Waals surface area contributed by atoms with E-state index in [1.807, 2.05) is 0 Å². The molecule has 0 unspecified atom stereocenters. The van der Waals surface area contributed by atoms with Crippen LogP contribution in [0.15, 0.2) is 27.6 Å². The summed E-state index contributed by atoms with van der Waals surface area (Å²) in [5, 5.41) is 3.00. The minimum Gasteiger partial charge on any atom is -0.383 e. The molecule has 2 N–H and O–H groups in total. The highest BCUT2D eigenvalue weighted by molar-refractivity contribution is 9.10. The Balaban J connectivity index is 2.49. The molecular weight excluding hydrogens is 339 g/mol. The molecule has 0 aliphatic heterocycles. The van der Waals surface area contributed by atoms with Crippen LogP contribution in [0.25, 0.3) is 0 Å². The van der Waals surface area contributed by atoms with Gasteiger partial charge in [0.15, 0.2) is 0 Å². The summed E-state index contributed by atoms with van der Waals surface area (Å²) in [6.45, 7) is 1.90. The quantitative estimate of drug-likeness (QED) is 0.686. The van der Waals surface area contributed by atoms with E-state index < -0.39 is 15.8 Å². The van der Waals surface area contributed by atoms with Gasteiger partial charge in [0.2, 0.25) is 10.0 Å². The van der Waals surface area contributed by atoms with Gasteiger partial charge in [-0.15, -0.1) is 0 Å². The molecule has 0 fully saturated rings. The Morgan fingerprint density at radius 3 is 2.68 bits per heavy atom. The highest BCUT2D eigenvalue weighted by Crippen LogP contribution is 2.18. The first-order valence-electron chi connectivity index (χ1n) is 5.62. The number of benzene rings is 1. The van der Waals surface area contributed by atoms with Crippen molar-refractivity contribution in [1.29, 1.82) is 0 Å². The maximum Gasteiger partial charge on any atom is 0.240 e. The Hall–Kier alpha value is -0.540. The van der Waals surface area contributed by atoms with Crippen molar-refractivity contribution in [3.8, 4) is 0 Å². The van der Waals surface area contributed by atoms with E-state index in [1.165, 1.54) is 12.1 Å². The predicted molar refractivity (Wildman–Crippen MR) is 74.0 cm³/mol. The molecule has 1 aromatic carbocycles. The average Bonchev–Trinajstić information content (AvgIpc) is 2.36. The highest BCUT2D eigenvalue weighted by atomic mass is 79.9. The number of hydrogen-bond acceptors (Lipinski definition) is 4. The summed E-state index contributed by atoms with van der Waals surface area (Å²) in [7, 11) is -2.08. The topological polar surface area (TPSA) is 67.4 Å². The molecule has 108 valence electrons. The minimum absolute atomic E-state index is 0.0925. The van der Waals surface area contributed by atoms with Crippen LogP contribution in [-0.4, -0.2) is 41.8 Å². The Morgan fingerprint density at radius 1 is 1.32 bits per heavy atom. The molecule has 0 aliphatic carbocycles. The van der Waals surface area contributed by atoms with Crippen molar-refractivity contribution in [2.75, 3.05) is 33.4 Å². The smallest absolute Gasteiger partial charge is 0.240 e. The van der Waals surface area contributed by atoms with E-state index in [1.54, 1.807) is 7.11 Å². The molecule has 0 atom stereocenters. The zero-order valence-corrected chi connectivity index (χ0v) is 12.9. The molecule has 1 rings (SSSR count). The van der Waals surface area contributed by atoms with Gasteiger partial charge in [0.1, 0.15) is 5.82 Å². The number of rotatable bonds is 8. The van der Waals surface area contributed by atoms with Crippen LogP contribution in [0.3, 0.4) is 0 Å². The first kappa shape index (κ1) is 16.5. The molecule has 19 heavy (non-hydrogen) atoms. The highest BCUT2D eigenvalue weighted by Gasteiger charge is 2.14. The van der Waals surface area contributed by atoms with Gasteiger partial charge in [-0.25, -0.2) is 17.5 Å². The monoisotopic (exact) mass is 354 g/mol. The number of nitrogens with one attached hydrogen (secondary N) is 2. The molecule has 1 aromatic rings. The van der Waals surface area contributed by atoms with Crippen LogP contribution >= 0.6 is 15.9 Å². The van der Waals surface area contributed by atoms with E-state index in [-0.39, 0.29) is 15.9 Å². The van der Waals surface area contributed by atoms with Crippen LogP contribution in [0.1, 0.15) is 0 Å². The molecule has 0 saturated carbocycles. The average molecular weight is 355 g/mol. The van der Waals surface area contributed by atoms with Gasteiger partial charge in [-0.3, -0.25) is 0 Å². The minimum atomic E-state index is -3.67. The summed E-state index contributed by atoms with van der Waals surface area (Å²) < 4.78 is 44.4. The molecule has 0 radical (unpaired) electrons. The van der Waals surface area contributed by atoms with E-state index in [0.29, 0.717) is 19.7 Å². The Morgan fingerprint density at radius 2 is 2.05 bits per heavy atom. The normalized spacial score (nSPS) is 11.7. The molecule has 0 heterocycles. The van der Waals surface area contributed by atoms with Gasteiger partial charge < -0.3 is 10.1 Å². The van der Waals surface area contributed by atoms with Gasteiger partial charge in [0, 0.05) is 26.7 Å². The van der Waals surface area contributed by atoms with E-state index in [0.717, 1.165) is 6.07 Å².